The summed E-state index contributed by atoms with van der Waals surface area (Å²) >= 11 is 6.68. The number of benzene rings is 2. The average Bonchev–Trinajstić information content (AvgIpc) is 3.00. The molecule has 2 aliphatic rings. The van der Waals surface area contributed by atoms with Gasteiger partial charge < -0.3 is 19.7 Å². The summed E-state index contributed by atoms with van der Waals surface area (Å²) in [6, 6.07) is 13.8. The highest BCUT2D eigenvalue weighted by atomic mass is 35.5. The van der Waals surface area contributed by atoms with Crippen molar-refractivity contribution in [2.45, 2.75) is 38.0 Å². The number of nitrogens with one attached hydrogen (secondary N) is 1. The number of rotatable bonds is 3. The van der Waals surface area contributed by atoms with Crippen molar-refractivity contribution in [1.82, 2.24) is 5.32 Å². The van der Waals surface area contributed by atoms with Crippen LogP contribution in [-0.2, 0) is 31.3 Å². The van der Waals surface area contributed by atoms with Crippen LogP contribution in [0, 0.1) is 0 Å². The van der Waals surface area contributed by atoms with Crippen molar-refractivity contribution in [3.63, 3.8) is 0 Å². The number of hydrogen-bond donors (Lipinski definition) is 1. The van der Waals surface area contributed by atoms with Gasteiger partial charge in [0.2, 0.25) is 0 Å². The van der Waals surface area contributed by atoms with Crippen molar-refractivity contribution in [3.8, 4) is 0 Å². The molecule has 1 fully saturated rings. The van der Waals surface area contributed by atoms with E-state index < -0.39 is 17.7 Å². The third-order valence-electron chi connectivity index (χ3n) is 5.86. The fraction of sp³-hybridized carbons (Fsp3) is 0.391. The molecule has 0 bridgehead atoms. The van der Waals surface area contributed by atoms with Gasteiger partial charge in [-0.2, -0.15) is 0 Å². The van der Waals surface area contributed by atoms with E-state index in [9.17, 15) is 9.59 Å². The van der Waals surface area contributed by atoms with E-state index in [0.29, 0.717) is 23.6 Å². The molecule has 1 spiro atoms. The smallest absolute Gasteiger partial charge is 0.309 e. The van der Waals surface area contributed by atoms with Gasteiger partial charge in [-0.05, 0) is 43.1 Å². The Morgan fingerprint density at radius 2 is 1.70 bits per heavy atom. The minimum atomic E-state index is -1.48. The Morgan fingerprint density at radius 3 is 2.37 bits per heavy atom. The minimum absolute atomic E-state index is 0.0152. The van der Waals surface area contributed by atoms with Crippen LogP contribution in [0.1, 0.15) is 42.5 Å². The second kappa shape index (κ2) is 8.28. The molecule has 1 atom stereocenters. The summed E-state index contributed by atoms with van der Waals surface area (Å²) in [5, 5.41) is 3.85. The van der Waals surface area contributed by atoms with Gasteiger partial charge in [0.05, 0.1) is 36.1 Å². The van der Waals surface area contributed by atoms with Crippen molar-refractivity contribution < 1.29 is 19.1 Å². The summed E-state index contributed by atoms with van der Waals surface area (Å²) in [7, 11) is 2.00. The van der Waals surface area contributed by atoms with E-state index in [1.54, 1.807) is 12.1 Å². The molecule has 0 amide bonds. The third kappa shape index (κ3) is 3.77. The number of nitrogens with zero attached hydrogens (tertiary/aromatic N) is 1. The van der Waals surface area contributed by atoms with Crippen LogP contribution in [0.3, 0.4) is 0 Å². The van der Waals surface area contributed by atoms with Crippen LogP contribution in [0.15, 0.2) is 42.5 Å². The van der Waals surface area contributed by atoms with Crippen LogP contribution < -0.4 is 10.2 Å². The van der Waals surface area contributed by atoms with Gasteiger partial charge in [-0.1, -0.05) is 41.9 Å². The lowest BCUT2D eigenvalue weighted by atomic mass is 9.94. The maximum absolute atomic E-state index is 12.3. The molecule has 2 aromatic rings. The van der Waals surface area contributed by atoms with Gasteiger partial charge in [0.25, 0.3) is 5.79 Å². The first-order chi connectivity index (χ1) is 14.4. The van der Waals surface area contributed by atoms with E-state index in [1.165, 1.54) is 0 Å². The zero-order valence-corrected chi connectivity index (χ0v) is 17.9. The van der Waals surface area contributed by atoms with E-state index in [2.05, 4.69) is 29.3 Å². The maximum Gasteiger partial charge on any atom is 0.309 e. The van der Waals surface area contributed by atoms with Gasteiger partial charge in [0.1, 0.15) is 0 Å². The number of carbonyl (C=O) groups is 2. The summed E-state index contributed by atoms with van der Waals surface area (Å²) in [5.41, 5.74) is 3.59. The van der Waals surface area contributed by atoms with Crippen molar-refractivity contribution >= 4 is 29.2 Å². The lowest BCUT2D eigenvalue weighted by Gasteiger charge is -2.35. The van der Waals surface area contributed by atoms with Gasteiger partial charge in [-0.25, -0.2) is 0 Å². The average molecular weight is 429 g/mol. The van der Waals surface area contributed by atoms with Crippen LogP contribution in [0.4, 0.5) is 5.69 Å². The van der Waals surface area contributed by atoms with E-state index in [-0.39, 0.29) is 25.4 Å². The molecule has 7 heteroatoms. The first-order valence-electron chi connectivity index (χ1n) is 10.2. The van der Waals surface area contributed by atoms with Crippen molar-refractivity contribution in [2.24, 2.45) is 0 Å². The van der Waals surface area contributed by atoms with Gasteiger partial charge >= 0.3 is 11.9 Å². The molecule has 0 aliphatic carbocycles. The Balaban J connectivity index is 1.83. The molecule has 1 unspecified atom stereocenters. The zero-order chi connectivity index (χ0) is 21.3. The van der Waals surface area contributed by atoms with Crippen LogP contribution in [0.2, 0.25) is 5.02 Å². The topological polar surface area (TPSA) is 67.9 Å². The van der Waals surface area contributed by atoms with Crippen molar-refractivity contribution in [3.05, 3.63) is 64.2 Å². The number of fused-ring (bicyclic) bond motifs is 2. The number of hydrogen-bond acceptors (Lipinski definition) is 6. The molecule has 0 saturated carbocycles. The first kappa shape index (κ1) is 20.7. The molecule has 0 radical (unpaired) electrons. The summed E-state index contributed by atoms with van der Waals surface area (Å²) in [6.45, 7) is 2.96. The zero-order valence-electron chi connectivity index (χ0n) is 17.1. The standard InChI is InChI=1S/C23H25ClN2O4/c1-15(16-6-4-3-5-7-16)26(2)22-17-12-13-25-14-23(18(17)8-9-19(22)24)29-20(27)10-11-21(28)30-23/h3-9,15,25H,10-14H2,1-2H3. The predicted molar refractivity (Wildman–Crippen MR) is 114 cm³/mol. The third-order valence-corrected chi connectivity index (χ3v) is 6.16. The molecular formula is C23H25ClN2O4. The summed E-state index contributed by atoms with van der Waals surface area (Å²) in [4.78, 5) is 26.7. The molecule has 30 heavy (non-hydrogen) atoms. The highest BCUT2D eigenvalue weighted by Crippen LogP contribution is 2.43. The number of ether oxygens (including phenoxy) is 2. The molecule has 4 rings (SSSR count). The molecular weight excluding hydrogens is 404 g/mol. The maximum atomic E-state index is 12.3. The minimum Gasteiger partial charge on any atom is -0.416 e. The Hall–Kier alpha value is -2.57. The molecule has 1 N–H and O–H groups in total. The largest absolute Gasteiger partial charge is 0.416 e. The Bertz CT molecular complexity index is 945. The lowest BCUT2D eigenvalue weighted by Crippen LogP contribution is -2.43. The van der Waals surface area contributed by atoms with Crippen molar-refractivity contribution in [1.29, 1.82) is 0 Å². The lowest BCUT2D eigenvalue weighted by molar-refractivity contribution is -0.225. The second-order valence-corrected chi connectivity index (χ2v) is 8.15. The van der Waals surface area contributed by atoms with E-state index in [4.69, 9.17) is 21.1 Å². The predicted octanol–water partition coefficient (Wildman–Crippen LogP) is 3.72. The normalized spacial score (nSPS) is 19.2. The Morgan fingerprint density at radius 1 is 1.03 bits per heavy atom. The monoisotopic (exact) mass is 428 g/mol. The fourth-order valence-corrected chi connectivity index (χ4v) is 4.50. The number of carbonyl (C=O) groups excluding carboxylic acids is 2. The molecule has 2 aliphatic heterocycles. The van der Waals surface area contributed by atoms with Gasteiger partial charge in [-0.3, -0.25) is 9.59 Å². The Labute approximate surface area is 181 Å². The molecule has 2 heterocycles. The van der Waals surface area contributed by atoms with Crippen LogP contribution in [-0.4, -0.2) is 32.1 Å². The Kier molecular flexibility index (Phi) is 5.71. The molecule has 1 saturated heterocycles. The quantitative estimate of drug-likeness (QED) is 0.751. The second-order valence-electron chi connectivity index (χ2n) is 7.75. The van der Waals surface area contributed by atoms with Gasteiger partial charge in [0, 0.05) is 12.6 Å². The molecule has 0 aromatic heterocycles. The van der Waals surface area contributed by atoms with Crippen molar-refractivity contribution in [2.75, 3.05) is 25.0 Å². The highest BCUT2D eigenvalue weighted by Gasteiger charge is 2.46. The first-order valence-corrected chi connectivity index (χ1v) is 10.5. The SMILES string of the molecule is CC(c1ccccc1)N(C)c1c(Cl)ccc2c1CCNCC21OC(=O)CCC(=O)O1. The van der Waals surface area contributed by atoms with Crippen LogP contribution in [0.25, 0.3) is 0 Å². The van der Waals surface area contributed by atoms with Gasteiger partial charge in [-0.15, -0.1) is 0 Å². The van der Waals surface area contributed by atoms with E-state index >= 15 is 0 Å². The molecule has 6 nitrogen and oxygen atoms in total. The number of esters is 2. The molecule has 158 valence electrons. The number of halogens is 1. The fourth-order valence-electron chi connectivity index (χ4n) is 4.19. The van der Waals surface area contributed by atoms with E-state index in [1.807, 2.05) is 25.2 Å². The summed E-state index contributed by atoms with van der Waals surface area (Å²) in [6.07, 6.45) is 0.691. The van der Waals surface area contributed by atoms with Gasteiger partial charge in [0.15, 0.2) is 0 Å². The number of anilines is 1. The summed E-state index contributed by atoms with van der Waals surface area (Å²) < 4.78 is 11.5. The van der Waals surface area contributed by atoms with Crippen LogP contribution >= 0.6 is 11.6 Å². The summed E-state index contributed by atoms with van der Waals surface area (Å²) in [5.74, 6) is -2.37. The van der Waals surface area contributed by atoms with E-state index in [0.717, 1.165) is 16.8 Å². The van der Waals surface area contributed by atoms with Crippen LogP contribution in [0.5, 0.6) is 0 Å². The molecule has 2 aromatic carbocycles. The highest BCUT2D eigenvalue weighted by molar-refractivity contribution is 6.33.